The number of carbonyl (C=O) groups excluding carboxylic acids is 2. The summed E-state index contributed by atoms with van der Waals surface area (Å²) in [7, 11) is 1.32. The molecule has 7 heteroatoms. The summed E-state index contributed by atoms with van der Waals surface area (Å²) in [5, 5.41) is 5.74. The molecule has 2 N–H and O–H groups in total. The van der Waals surface area contributed by atoms with E-state index >= 15 is 0 Å². The highest BCUT2D eigenvalue weighted by Crippen LogP contribution is 1.97. The van der Waals surface area contributed by atoms with Crippen molar-refractivity contribution in [3.63, 3.8) is 0 Å². The second-order valence-corrected chi connectivity index (χ2v) is 4.79. The molecule has 7 nitrogen and oxygen atoms in total. The van der Waals surface area contributed by atoms with E-state index in [0.717, 1.165) is 45.8 Å². The molecule has 0 aromatic heterocycles. The normalized spacial score (nSPS) is 17.5. The maximum atomic E-state index is 11.5. The van der Waals surface area contributed by atoms with E-state index in [1.807, 2.05) is 0 Å². The number of hydrogen-bond acceptors (Lipinski definition) is 6. The molecule has 1 fully saturated rings. The van der Waals surface area contributed by atoms with Crippen LogP contribution in [0.25, 0.3) is 0 Å². The van der Waals surface area contributed by atoms with Crippen LogP contribution in [0.2, 0.25) is 0 Å². The summed E-state index contributed by atoms with van der Waals surface area (Å²) < 4.78 is 9.94. The van der Waals surface area contributed by atoms with Gasteiger partial charge in [-0.25, -0.2) is 4.79 Å². The summed E-state index contributed by atoms with van der Waals surface area (Å²) in [6.07, 6.45) is 0.994. The van der Waals surface area contributed by atoms with Crippen LogP contribution in [0.3, 0.4) is 0 Å². The zero-order valence-electron chi connectivity index (χ0n) is 12.3. The standard InChI is InChI=1S/C13H25N3O4/c1-11(17)15-12(13(18)19-2)10-14-4-3-5-16-6-8-20-9-7-16/h12,14H,3-10H2,1-2H3,(H,15,17). The SMILES string of the molecule is COC(=O)C(CNCCCN1CCOCC1)NC(C)=O. The van der Waals surface area contributed by atoms with Crippen LogP contribution in [0, 0.1) is 0 Å². The van der Waals surface area contributed by atoms with Gasteiger partial charge in [0.2, 0.25) is 5.91 Å². The van der Waals surface area contributed by atoms with Crippen LogP contribution in [-0.2, 0) is 19.1 Å². The molecule has 0 aromatic rings. The van der Waals surface area contributed by atoms with Crippen LogP contribution < -0.4 is 10.6 Å². The summed E-state index contributed by atoms with van der Waals surface area (Å²) in [4.78, 5) is 24.8. The number of amides is 1. The number of nitrogens with one attached hydrogen (secondary N) is 2. The molecule has 1 atom stereocenters. The molecular formula is C13H25N3O4. The van der Waals surface area contributed by atoms with Crippen LogP contribution in [0.15, 0.2) is 0 Å². The van der Waals surface area contributed by atoms with Crippen molar-refractivity contribution < 1.29 is 19.1 Å². The van der Waals surface area contributed by atoms with Gasteiger partial charge in [0.05, 0.1) is 20.3 Å². The molecule has 0 spiro atoms. The predicted molar refractivity (Wildman–Crippen MR) is 74.4 cm³/mol. The molecule has 1 heterocycles. The van der Waals surface area contributed by atoms with Gasteiger partial charge in [-0.1, -0.05) is 0 Å². The van der Waals surface area contributed by atoms with Crippen LogP contribution >= 0.6 is 0 Å². The summed E-state index contributed by atoms with van der Waals surface area (Å²) in [6.45, 7) is 7.15. The summed E-state index contributed by atoms with van der Waals surface area (Å²) in [6, 6.07) is -0.624. The average Bonchev–Trinajstić information content (AvgIpc) is 2.45. The largest absolute Gasteiger partial charge is 0.467 e. The predicted octanol–water partition coefficient (Wildman–Crippen LogP) is -1.02. The summed E-state index contributed by atoms with van der Waals surface area (Å²) in [5.41, 5.74) is 0. The smallest absolute Gasteiger partial charge is 0.329 e. The van der Waals surface area contributed by atoms with Gasteiger partial charge in [-0.15, -0.1) is 0 Å². The number of nitrogens with zero attached hydrogens (tertiary/aromatic N) is 1. The number of ether oxygens (including phenoxy) is 2. The second kappa shape index (κ2) is 9.68. The number of rotatable bonds is 8. The van der Waals surface area contributed by atoms with Gasteiger partial charge in [0.15, 0.2) is 0 Å². The molecule has 1 aliphatic rings. The fourth-order valence-corrected chi connectivity index (χ4v) is 2.08. The molecule has 116 valence electrons. The molecule has 0 aromatic carbocycles. The third kappa shape index (κ3) is 6.83. The Morgan fingerprint density at radius 2 is 2.05 bits per heavy atom. The zero-order valence-corrected chi connectivity index (χ0v) is 12.3. The van der Waals surface area contributed by atoms with Crippen molar-refractivity contribution in [3.05, 3.63) is 0 Å². The third-order valence-electron chi connectivity index (χ3n) is 3.14. The number of morpholine rings is 1. The lowest BCUT2D eigenvalue weighted by Gasteiger charge is -2.26. The minimum absolute atomic E-state index is 0.240. The van der Waals surface area contributed by atoms with Gasteiger partial charge < -0.3 is 20.1 Å². The monoisotopic (exact) mass is 287 g/mol. The molecular weight excluding hydrogens is 262 g/mol. The highest BCUT2D eigenvalue weighted by molar-refractivity contribution is 5.83. The number of hydrogen-bond donors (Lipinski definition) is 2. The van der Waals surface area contributed by atoms with Crippen LogP contribution in [0.5, 0.6) is 0 Å². The molecule has 1 saturated heterocycles. The van der Waals surface area contributed by atoms with E-state index in [-0.39, 0.29) is 5.91 Å². The third-order valence-corrected chi connectivity index (χ3v) is 3.14. The number of methoxy groups -OCH3 is 1. The van der Waals surface area contributed by atoms with E-state index in [0.29, 0.717) is 6.54 Å². The van der Waals surface area contributed by atoms with Crippen molar-refractivity contribution in [1.29, 1.82) is 0 Å². The second-order valence-electron chi connectivity index (χ2n) is 4.79. The van der Waals surface area contributed by atoms with Crippen molar-refractivity contribution in [3.8, 4) is 0 Å². The molecule has 1 aliphatic heterocycles. The van der Waals surface area contributed by atoms with E-state index in [1.165, 1.54) is 14.0 Å². The highest BCUT2D eigenvalue weighted by Gasteiger charge is 2.19. The first-order valence-corrected chi connectivity index (χ1v) is 6.99. The fourth-order valence-electron chi connectivity index (χ4n) is 2.08. The lowest BCUT2D eigenvalue weighted by Crippen LogP contribution is -2.47. The van der Waals surface area contributed by atoms with E-state index in [9.17, 15) is 9.59 Å². The van der Waals surface area contributed by atoms with Crippen molar-refractivity contribution in [2.24, 2.45) is 0 Å². The molecule has 0 saturated carbocycles. The average molecular weight is 287 g/mol. The minimum Gasteiger partial charge on any atom is -0.467 e. The highest BCUT2D eigenvalue weighted by atomic mass is 16.5. The Kier molecular flexibility index (Phi) is 8.17. The lowest BCUT2D eigenvalue weighted by molar-refractivity contribution is -0.144. The van der Waals surface area contributed by atoms with Gasteiger partial charge in [-0.05, 0) is 19.5 Å². The van der Waals surface area contributed by atoms with Gasteiger partial charge in [0.25, 0.3) is 0 Å². The van der Waals surface area contributed by atoms with E-state index < -0.39 is 12.0 Å². The quantitative estimate of drug-likeness (QED) is 0.439. The van der Waals surface area contributed by atoms with Crippen LogP contribution in [-0.4, -0.2) is 75.9 Å². The molecule has 1 rings (SSSR count). The molecule has 0 aliphatic carbocycles. The van der Waals surface area contributed by atoms with Gasteiger partial charge >= 0.3 is 5.97 Å². The van der Waals surface area contributed by atoms with E-state index in [4.69, 9.17) is 4.74 Å². The molecule has 0 radical (unpaired) electrons. The van der Waals surface area contributed by atoms with Crippen molar-refractivity contribution in [2.75, 3.05) is 53.0 Å². The summed E-state index contributed by atoms with van der Waals surface area (Å²) >= 11 is 0. The van der Waals surface area contributed by atoms with Gasteiger partial charge in [0.1, 0.15) is 6.04 Å². The number of esters is 1. The topological polar surface area (TPSA) is 79.9 Å². The Balaban J connectivity index is 2.13. The van der Waals surface area contributed by atoms with E-state index in [2.05, 4.69) is 20.3 Å². The first-order chi connectivity index (χ1) is 9.63. The minimum atomic E-state index is -0.624. The first kappa shape index (κ1) is 16.9. The van der Waals surface area contributed by atoms with Gasteiger partial charge in [-0.2, -0.15) is 0 Å². The van der Waals surface area contributed by atoms with E-state index in [1.54, 1.807) is 0 Å². The Labute approximate surface area is 120 Å². The maximum absolute atomic E-state index is 11.5. The maximum Gasteiger partial charge on any atom is 0.329 e. The van der Waals surface area contributed by atoms with Crippen molar-refractivity contribution in [1.82, 2.24) is 15.5 Å². The van der Waals surface area contributed by atoms with Crippen molar-refractivity contribution >= 4 is 11.9 Å². The van der Waals surface area contributed by atoms with Crippen molar-refractivity contribution in [2.45, 2.75) is 19.4 Å². The lowest BCUT2D eigenvalue weighted by atomic mass is 10.2. The summed E-state index contributed by atoms with van der Waals surface area (Å²) in [5.74, 6) is -0.670. The zero-order chi connectivity index (χ0) is 14.8. The Morgan fingerprint density at radius 1 is 1.35 bits per heavy atom. The van der Waals surface area contributed by atoms with Crippen LogP contribution in [0.1, 0.15) is 13.3 Å². The van der Waals surface area contributed by atoms with Crippen LogP contribution in [0.4, 0.5) is 0 Å². The molecule has 1 unspecified atom stereocenters. The van der Waals surface area contributed by atoms with Gasteiger partial charge in [-0.3, -0.25) is 9.69 Å². The molecule has 20 heavy (non-hydrogen) atoms. The van der Waals surface area contributed by atoms with Gasteiger partial charge in [0, 0.05) is 26.6 Å². The fraction of sp³-hybridized carbons (Fsp3) is 0.846. The Morgan fingerprint density at radius 3 is 2.65 bits per heavy atom. The number of carbonyl (C=O) groups is 2. The molecule has 0 bridgehead atoms. The molecule has 1 amide bonds. The Bertz CT molecular complexity index is 306. The Hall–Kier alpha value is -1.18. The first-order valence-electron chi connectivity index (χ1n) is 6.99.